The van der Waals surface area contributed by atoms with Crippen molar-refractivity contribution in [3.05, 3.63) is 12.2 Å². The van der Waals surface area contributed by atoms with Gasteiger partial charge in [-0.3, -0.25) is 4.79 Å². The quantitative estimate of drug-likeness (QED) is 0.0957. The molecule has 0 spiro atoms. The number of carbonyl (C=O) groups is 1. The van der Waals surface area contributed by atoms with Gasteiger partial charge >= 0.3 is 5.97 Å². The molecule has 0 aromatic heterocycles. The van der Waals surface area contributed by atoms with Crippen LogP contribution in [0.1, 0.15) is 125 Å². The lowest BCUT2D eigenvalue weighted by Gasteiger charge is -2.41. The monoisotopic (exact) mass is 582 g/mol. The van der Waals surface area contributed by atoms with Gasteiger partial charge in [-0.05, 0) is 93.7 Å². The number of carboxylic acid groups (broad SMARTS) is 1. The van der Waals surface area contributed by atoms with Crippen molar-refractivity contribution in [2.45, 2.75) is 167 Å². The first kappa shape index (κ1) is 35.5. The van der Waals surface area contributed by atoms with Crippen LogP contribution >= 0.6 is 0 Å². The summed E-state index contributed by atoms with van der Waals surface area (Å²) >= 11 is 0. The van der Waals surface area contributed by atoms with Crippen LogP contribution in [-0.2, 0) is 18.7 Å². The second-order valence-corrected chi connectivity index (χ2v) is 18.8. The van der Waals surface area contributed by atoms with E-state index in [0.717, 1.165) is 51.6 Å². The number of carboxylic acids is 1. The average Bonchev–Trinajstić information content (AvgIpc) is 3.17. The van der Waals surface area contributed by atoms with E-state index in [1.807, 2.05) is 0 Å². The third-order valence-corrected chi connectivity index (χ3v) is 14.2. The van der Waals surface area contributed by atoms with Crippen molar-refractivity contribution in [1.82, 2.24) is 0 Å². The van der Waals surface area contributed by atoms with Gasteiger partial charge < -0.3 is 24.1 Å². The Morgan fingerprint density at radius 1 is 1.10 bits per heavy atom. The number of hydrogen-bond donors (Lipinski definition) is 2. The summed E-state index contributed by atoms with van der Waals surface area (Å²) in [5, 5.41) is 20.3. The van der Waals surface area contributed by atoms with E-state index >= 15 is 0 Å². The summed E-state index contributed by atoms with van der Waals surface area (Å²) in [5.74, 6) is 0.134. The maximum Gasteiger partial charge on any atom is 0.303 e. The molecule has 1 aliphatic heterocycles. The maximum absolute atomic E-state index is 11.2. The van der Waals surface area contributed by atoms with Crippen LogP contribution in [0.25, 0.3) is 0 Å². The lowest BCUT2D eigenvalue weighted by molar-refractivity contribution is -0.196. The SMILES string of the molecule is CCCCCC(C)[C@H](CC[C@H]1C(OC2CCCCO2)C[C@H](O)[C@@H]1C/C=C\CCCC(=O)O)O[Si](C)(C)C(C)(C)C. The lowest BCUT2D eigenvalue weighted by atomic mass is 9.84. The lowest BCUT2D eigenvalue weighted by Crippen LogP contribution is -2.45. The Hall–Kier alpha value is -0.733. The second kappa shape index (κ2) is 17.4. The minimum absolute atomic E-state index is 0.00701. The van der Waals surface area contributed by atoms with Gasteiger partial charge in [-0.25, -0.2) is 0 Å². The highest BCUT2D eigenvalue weighted by Crippen LogP contribution is 2.43. The predicted octanol–water partition coefficient (Wildman–Crippen LogP) is 8.48. The molecule has 0 bridgehead atoms. The fraction of sp³-hybridized carbons (Fsp3) is 0.909. The number of aliphatic hydroxyl groups excluding tert-OH is 1. The van der Waals surface area contributed by atoms with Gasteiger partial charge in [-0.15, -0.1) is 0 Å². The Kier molecular flexibility index (Phi) is 15.4. The van der Waals surface area contributed by atoms with Crippen LogP contribution in [0.15, 0.2) is 12.2 Å². The molecule has 40 heavy (non-hydrogen) atoms. The van der Waals surface area contributed by atoms with Crippen LogP contribution in [0.4, 0.5) is 0 Å². The van der Waals surface area contributed by atoms with Gasteiger partial charge in [0, 0.05) is 25.6 Å². The van der Waals surface area contributed by atoms with E-state index in [0.29, 0.717) is 18.8 Å². The van der Waals surface area contributed by atoms with Crippen LogP contribution < -0.4 is 0 Å². The molecule has 1 saturated heterocycles. The number of rotatable bonds is 18. The Morgan fingerprint density at radius 2 is 1.85 bits per heavy atom. The van der Waals surface area contributed by atoms with E-state index in [4.69, 9.17) is 19.0 Å². The minimum Gasteiger partial charge on any atom is -0.481 e. The molecule has 6 nitrogen and oxygen atoms in total. The molecule has 1 saturated carbocycles. The highest BCUT2D eigenvalue weighted by Gasteiger charge is 2.45. The smallest absolute Gasteiger partial charge is 0.303 e. The van der Waals surface area contributed by atoms with Crippen LogP contribution in [0, 0.1) is 17.8 Å². The molecule has 0 aromatic carbocycles. The minimum atomic E-state index is -1.93. The Balaban J connectivity index is 2.16. The summed E-state index contributed by atoms with van der Waals surface area (Å²) in [6.45, 7) is 17.1. The third-order valence-electron chi connectivity index (χ3n) is 9.73. The van der Waals surface area contributed by atoms with Crippen molar-refractivity contribution >= 4 is 14.3 Å². The third kappa shape index (κ3) is 11.9. The van der Waals surface area contributed by atoms with Crippen LogP contribution in [0.2, 0.25) is 18.1 Å². The van der Waals surface area contributed by atoms with Gasteiger partial charge in [-0.1, -0.05) is 66.0 Å². The van der Waals surface area contributed by atoms with E-state index in [1.165, 1.54) is 25.7 Å². The molecular weight excluding hydrogens is 520 g/mol. The zero-order chi connectivity index (χ0) is 29.8. The number of ether oxygens (including phenoxy) is 2. The van der Waals surface area contributed by atoms with Gasteiger partial charge in [0.25, 0.3) is 0 Å². The van der Waals surface area contributed by atoms with Crippen molar-refractivity contribution in [1.29, 1.82) is 0 Å². The molecule has 1 heterocycles. The molecule has 3 unspecified atom stereocenters. The van der Waals surface area contributed by atoms with E-state index in [9.17, 15) is 9.90 Å². The molecule has 0 amide bonds. The van der Waals surface area contributed by atoms with Crippen molar-refractivity contribution in [2.24, 2.45) is 17.8 Å². The van der Waals surface area contributed by atoms with Crippen LogP contribution in [-0.4, -0.2) is 55.7 Å². The fourth-order valence-electron chi connectivity index (χ4n) is 6.07. The maximum atomic E-state index is 11.2. The molecule has 2 N–H and O–H groups in total. The number of hydrogen-bond acceptors (Lipinski definition) is 5. The number of unbranched alkanes of at least 4 members (excludes halogenated alkanes) is 3. The van der Waals surface area contributed by atoms with E-state index in [1.54, 1.807) is 0 Å². The predicted molar refractivity (Wildman–Crippen MR) is 166 cm³/mol. The molecule has 0 aromatic rings. The largest absolute Gasteiger partial charge is 0.481 e. The van der Waals surface area contributed by atoms with Crippen molar-refractivity contribution in [3.63, 3.8) is 0 Å². The zero-order valence-corrected chi connectivity index (χ0v) is 27.8. The average molecular weight is 583 g/mol. The number of aliphatic carboxylic acids is 1. The van der Waals surface area contributed by atoms with Crippen LogP contribution in [0.5, 0.6) is 0 Å². The molecular formula is C33H62O6Si. The summed E-state index contributed by atoms with van der Waals surface area (Å²) in [5.41, 5.74) is 0. The molecule has 7 atom stereocenters. The van der Waals surface area contributed by atoms with E-state index < -0.39 is 20.4 Å². The van der Waals surface area contributed by atoms with Crippen LogP contribution in [0.3, 0.4) is 0 Å². The Bertz CT molecular complexity index is 742. The molecule has 234 valence electrons. The first-order valence-electron chi connectivity index (χ1n) is 16.4. The Morgan fingerprint density at radius 3 is 2.48 bits per heavy atom. The number of allylic oxidation sites excluding steroid dienone is 2. The highest BCUT2D eigenvalue weighted by atomic mass is 28.4. The molecule has 2 aliphatic rings. The summed E-state index contributed by atoms with van der Waals surface area (Å²) < 4.78 is 19.6. The van der Waals surface area contributed by atoms with Crippen molar-refractivity contribution in [3.8, 4) is 0 Å². The molecule has 2 rings (SSSR count). The summed E-state index contributed by atoms with van der Waals surface area (Å²) in [6, 6.07) is 0. The standard InChI is InChI=1S/C33H62O6Si/c1-8-9-12-17-25(2)29(39-40(6,7)33(3,4)5)22-21-27-26(18-13-10-11-14-19-31(35)36)28(34)24-30(27)38-32-20-15-16-23-37-32/h10,13,25-30,32,34H,8-9,11-12,14-24H2,1-7H3,(H,35,36)/b13-10-/t25?,26-,27-,28+,29+,30?,32?/m1/s1. The normalized spacial score (nSPS) is 27.8. The molecule has 0 radical (unpaired) electrons. The first-order valence-corrected chi connectivity index (χ1v) is 19.3. The second-order valence-electron chi connectivity index (χ2n) is 14.1. The summed E-state index contributed by atoms with van der Waals surface area (Å²) in [6.07, 6.45) is 17.0. The molecule has 7 heteroatoms. The summed E-state index contributed by atoms with van der Waals surface area (Å²) in [4.78, 5) is 10.8. The van der Waals surface area contributed by atoms with Gasteiger partial charge in [0.1, 0.15) is 0 Å². The zero-order valence-electron chi connectivity index (χ0n) is 26.8. The fourth-order valence-corrected chi connectivity index (χ4v) is 7.53. The van der Waals surface area contributed by atoms with E-state index in [-0.39, 0.29) is 41.8 Å². The first-order chi connectivity index (χ1) is 18.9. The molecule has 2 fully saturated rings. The number of aliphatic hydroxyl groups is 1. The van der Waals surface area contributed by atoms with Gasteiger partial charge in [0.2, 0.25) is 0 Å². The van der Waals surface area contributed by atoms with Gasteiger partial charge in [0.15, 0.2) is 14.6 Å². The molecule has 1 aliphatic carbocycles. The van der Waals surface area contributed by atoms with Gasteiger partial charge in [-0.2, -0.15) is 0 Å². The summed E-state index contributed by atoms with van der Waals surface area (Å²) in [7, 11) is -1.93. The van der Waals surface area contributed by atoms with Crippen molar-refractivity contribution < 1.29 is 28.9 Å². The topological polar surface area (TPSA) is 85.2 Å². The Labute approximate surface area is 246 Å². The highest BCUT2D eigenvalue weighted by molar-refractivity contribution is 6.74. The van der Waals surface area contributed by atoms with Gasteiger partial charge in [0.05, 0.1) is 12.2 Å². The van der Waals surface area contributed by atoms with Crippen molar-refractivity contribution in [2.75, 3.05) is 6.61 Å². The van der Waals surface area contributed by atoms with E-state index in [2.05, 4.69) is 59.9 Å².